The third-order valence-electron chi connectivity index (χ3n) is 8.89. The van der Waals surface area contributed by atoms with E-state index < -0.39 is 0 Å². The Morgan fingerprint density at radius 1 is 0.909 bits per heavy atom. The summed E-state index contributed by atoms with van der Waals surface area (Å²) >= 11 is 0. The molecular weight excluding hydrogens is 404 g/mol. The minimum absolute atomic E-state index is 0.0618. The largest absolute Gasteiger partial charge is 0.335 e. The maximum Gasteiger partial charge on any atom is 0.210 e. The number of piperidine rings is 1. The number of amides is 1. The molecule has 3 aliphatic rings. The average molecular weight is 437 g/mol. The second-order valence-electron chi connectivity index (χ2n) is 10.2. The van der Waals surface area contributed by atoms with Crippen molar-refractivity contribution in [3.05, 3.63) is 107 Å². The van der Waals surface area contributed by atoms with Gasteiger partial charge in [-0.2, -0.15) is 0 Å². The Kier molecular flexibility index (Phi) is 5.10. The van der Waals surface area contributed by atoms with Gasteiger partial charge in [-0.1, -0.05) is 84.9 Å². The zero-order chi connectivity index (χ0) is 22.3. The number of carbonyl (C=O) groups is 1. The quantitative estimate of drug-likeness (QED) is 0.583. The Hall–Kier alpha value is -2.91. The zero-order valence-electron chi connectivity index (χ0n) is 19.1. The number of nitrogens with zero attached hydrogens (tertiary/aromatic N) is 1. The number of hydrogen-bond donors (Lipinski definition) is 1. The highest BCUT2D eigenvalue weighted by Gasteiger charge is 2.60. The van der Waals surface area contributed by atoms with Crippen LogP contribution in [0.3, 0.4) is 0 Å². The summed E-state index contributed by atoms with van der Waals surface area (Å²) in [5.74, 6) is 0.768. The predicted octanol–water partition coefficient (Wildman–Crippen LogP) is 5.02. The van der Waals surface area contributed by atoms with Crippen LogP contribution in [0.2, 0.25) is 0 Å². The molecule has 2 aliphatic heterocycles. The SMILES string of the molecule is O=CN1CCC(c2ccccc2)CC1(c1ccccc1)[C@@H]1CNC[C@]12CCc1ccccc12. The van der Waals surface area contributed by atoms with Crippen molar-refractivity contribution in [1.82, 2.24) is 10.2 Å². The molecule has 4 atom stereocenters. The molecule has 0 radical (unpaired) electrons. The highest BCUT2D eigenvalue weighted by Crippen LogP contribution is 2.58. The second kappa shape index (κ2) is 8.14. The molecule has 1 aliphatic carbocycles. The number of likely N-dealkylation sites (tertiary alicyclic amines) is 1. The standard InChI is InChI=1S/C30H32N2O/c33-22-32-18-16-25(23-9-3-1-4-10-23)19-30(32,26-12-5-2-6-13-26)28-20-31-21-29(28)17-15-24-11-7-8-14-27(24)29/h1-14,22,25,28,31H,15-21H2/t25?,28-,29+,30?/m1/s1. The first-order chi connectivity index (χ1) is 16.3. The summed E-state index contributed by atoms with van der Waals surface area (Å²) in [5, 5.41) is 3.79. The molecule has 2 heterocycles. The van der Waals surface area contributed by atoms with Gasteiger partial charge in [0.25, 0.3) is 0 Å². The fraction of sp³-hybridized carbons (Fsp3) is 0.367. The van der Waals surface area contributed by atoms with E-state index in [4.69, 9.17) is 0 Å². The van der Waals surface area contributed by atoms with Crippen LogP contribution in [0.15, 0.2) is 84.9 Å². The van der Waals surface area contributed by atoms with Crippen molar-refractivity contribution in [2.24, 2.45) is 5.92 Å². The number of aryl methyl sites for hydroxylation is 1. The summed E-state index contributed by atoms with van der Waals surface area (Å²) in [5.41, 5.74) is 5.41. The number of carbonyl (C=O) groups excluding carboxylic acids is 1. The van der Waals surface area contributed by atoms with Crippen molar-refractivity contribution in [3.63, 3.8) is 0 Å². The minimum Gasteiger partial charge on any atom is -0.335 e. The maximum atomic E-state index is 12.7. The van der Waals surface area contributed by atoms with Crippen molar-refractivity contribution in [2.45, 2.75) is 42.6 Å². The normalized spacial score (nSPS) is 31.0. The fourth-order valence-corrected chi connectivity index (χ4v) is 7.45. The number of benzene rings is 3. The molecule has 1 amide bonds. The van der Waals surface area contributed by atoms with E-state index in [0.717, 1.165) is 51.7 Å². The van der Waals surface area contributed by atoms with Crippen LogP contribution in [0.4, 0.5) is 0 Å². The summed E-state index contributed by atoms with van der Waals surface area (Å²) in [6.45, 7) is 2.73. The molecule has 2 fully saturated rings. The van der Waals surface area contributed by atoms with E-state index in [1.54, 1.807) is 0 Å². The van der Waals surface area contributed by atoms with E-state index in [2.05, 4.69) is 95.1 Å². The van der Waals surface area contributed by atoms with Crippen molar-refractivity contribution < 1.29 is 4.79 Å². The number of rotatable bonds is 4. The van der Waals surface area contributed by atoms with Gasteiger partial charge in [-0.05, 0) is 53.9 Å². The third kappa shape index (κ3) is 3.09. The molecule has 3 heteroatoms. The van der Waals surface area contributed by atoms with E-state index >= 15 is 0 Å². The highest BCUT2D eigenvalue weighted by molar-refractivity contribution is 5.54. The van der Waals surface area contributed by atoms with Gasteiger partial charge in [0.1, 0.15) is 0 Å². The Morgan fingerprint density at radius 2 is 1.64 bits per heavy atom. The first-order valence-electron chi connectivity index (χ1n) is 12.4. The minimum atomic E-state index is -0.331. The Bertz CT molecular complexity index is 1130. The molecular formula is C30H32N2O. The van der Waals surface area contributed by atoms with E-state index in [9.17, 15) is 4.79 Å². The second-order valence-corrected chi connectivity index (χ2v) is 10.2. The molecule has 168 valence electrons. The van der Waals surface area contributed by atoms with Gasteiger partial charge in [0, 0.05) is 31.0 Å². The highest BCUT2D eigenvalue weighted by atomic mass is 16.1. The van der Waals surface area contributed by atoms with Crippen LogP contribution < -0.4 is 5.32 Å². The van der Waals surface area contributed by atoms with Gasteiger partial charge in [0.15, 0.2) is 0 Å². The van der Waals surface area contributed by atoms with Gasteiger partial charge < -0.3 is 10.2 Å². The van der Waals surface area contributed by atoms with Crippen LogP contribution in [0.1, 0.15) is 47.4 Å². The zero-order valence-corrected chi connectivity index (χ0v) is 19.1. The molecule has 33 heavy (non-hydrogen) atoms. The molecule has 3 aromatic carbocycles. The van der Waals surface area contributed by atoms with Crippen LogP contribution in [-0.2, 0) is 22.2 Å². The Balaban J connectivity index is 1.54. The smallest absolute Gasteiger partial charge is 0.210 e. The van der Waals surface area contributed by atoms with Crippen molar-refractivity contribution >= 4 is 6.41 Å². The van der Waals surface area contributed by atoms with Crippen LogP contribution >= 0.6 is 0 Å². The average Bonchev–Trinajstić information content (AvgIpc) is 3.50. The first kappa shape index (κ1) is 20.7. The van der Waals surface area contributed by atoms with E-state index in [-0.39, 0.29) is 11.0 Å². The van der Waals surface area contributed by atoms with Crippen LogP contribution in [-0.4, -0.2) is 30.9 Å². The van der Waals surface area contributed by atoms with Gasteiger partial charge in [-0.15, -0.1) is 0 Å². The van der Waals surface area contributed by atoms with E-state index in [0.29, 0.717) is 11.8 Å². The summed E-state index contributed by atoms with van der Waals surface area (Å²) in [4.78, 5) is 14.9. The van der Waals surface area contributed by atoms with Crippen LogP contribution in [0.25, 0.3) is 0 Å². The summed E-state index contributed by atoms with van der Waals surface area (Å²) in [6.07, 6.45) is 5.40. The van der Waals surface area contributed by atoms with Gasteiger partial charge in [0.05, 0.1) is 5.54 Å². The maximum absolute atomic E-state index is 12.7. The molecule has 0 saturated carbocycles. The number of fused-ring (bicyclic) bond motifs is 2. The van der Waals surface area contributed by atoms with Gasteiger partial charge >= 0.3 is 0 Å². The lowest BCUT2D eigenvalue weighted by Gasteiger charge is -2.55. The van der Waals surface area contributed by atoms with E-state index in [1.807, 2.05) is 0 Å². The molecule has 2 saturated heterocycles. The van der Waals surface area contributed by atoms with Crippen molar-refractivity contribution in [3.8, 4) is 0 Å². The monoisotopic (exact) mass is 436 g/mol. The lowest BCUT2D eigenvalue weighted by Crippen LogP contribution is -2.59. The van der Waals surface area contributed by atoms with Crippen LogP contribution in [0.5, 0.6) is 0 Å². The van der Waals surface area contributed by atoms with Crippen LogP contribution in [0, 0.1) is 5.92 Å². The van der Waals surface area contributed by atoms with Gasteiger partial charge in [-0.25, -0.2) is 0 Å². The molecule has 0 aromatic heterocycles. The molecule has 6 rings (SSSR count). The molecule has 3 nitrogen and oxygen atoms in total. The summed E-state index contributed by atoms with van der Waals surface area (Å²) in [7, 11) is 0. The molecule has 1 N–H and O–H groups in total. The third-order valence-corrected chi connectivity index (χ3v) is 8.89. The first-order valence-corrected chi connectivity index (χ1v) is 12.4. The topological polar surface area (TPSA) is 32.3 Å². The number of hydrogen-bond acceptors (Lipinski definition) is 2. The molecule has 3 aromatic rings. The lowest BCUT2D eigenvalue weighted by molar-refractivity contribution is -0.132. The van der Waals surface area contributed by atoms with Crippen molar-refractivity contribution in [2.75, 3.05) is 19.6 Å². The summed E-state index contributed by atoms with van der Waals surface area (Å²) in [6, 6.07) is 30.9. The van der Waals surface area contributed by atoms with Crippen molar-refractivity contribution in [1.29, 1.82) is 0 Å². The Morgan fingerprint density at radius 3 is 2.42 bits per heavy atom. The predicted molar refractivity (Wildman–Crippen MR) is 132 cm³/mol. The number of nitrogens with one attached hydrogen (secondary N) is 1. The van der Waals surface area contributed by atoms with Gasteiger partial charge in [0.2, 0.25) is 6.41 Å². The fourth-order valence-electron chi connectivity index (χ4n) is 7.45. The van der Waals surface area contributed by atoms with E-state index in [1.165, 1.54) is 22.3 Å². The molecule has 1 spiro atoms. The Labute approximate surface area is 196 Å². The lowest BCUT2D eigenvalue weighted by atomic mass is 9.58. The molecule has 2 unspecified atom stereocenters. The van der Waals surface area contributed by atoms with Gasteiger partial charge in [-0.3, -0.25) is 4.79 Å². The summed E-state index contributed by atoms with van der Waals surface area (Å²) < 4.78 is 0. The molecule has 0 bridgehead atoms.